The fraction of sp³-hybridized carbons (Fsp3) is 0.217. The maximum Gasteiger partial charge on any atom is 0.0670 e. The first-order chi connectivity index (χ1) is 14.4. The van der Waals surface area contributed by atoms with Gasteiger partial charge >= 0.3 is 0 Å². The lowest BCUT2D eigenvalue weighted by atomic mass is 10.0. The van der Waals surface area contributed by atoms with Crippen LogP contribution in [0.2, 0.25) is 25.1 Å². The lowest BCUT2D eigenvalue weighted by Crippen LogP contribution is -2.48. The van der Waals surface area contributed by atoms with Crippen molar-refractivity contribution in [3.05, 3.63) is 96.9 Å². The number of benzene rings is 3. The minimum Gasteiger partial charge on any atom is -0.361 e. The topological polar surface area (TPSA) is 6.48 Å². The van der Waals surface area contributed by atoms with Crippen LogP contribution in [0.15, 0.2) is 60.7 Å². The predicted octanol–water partition coefficient (Wildman–Crippen LogP) is 8.02. The fourth-order valence-electron chi connectivity index (χ4n) is 3.92. The van der Waals surface area contributed by atoms with Crippen molar-refractivity contribution < 1.29 is 0 Å². The summed E-state index contributed by atoms with van der Waals surface area (Å²) in [6.07, 6.45) is 0. The zero-order chi connectivity index (χ0) is 21.3. The summed E-state index contributed by atoms with van der Waals surface area (Å²) in [6.45, 7) is 3.30. The molecular weight excluding hydrogens is 482 g/mol. The third-order valence-corrected chi connectivity index (χ3v) is 6.49. The maximum absolute atomic E-state index is 6.55. The molecule has 0 amide bonds. The van der Waals surface area contributed by atoms with Crippen LogP contribution in [0, 0.1) is 0 Å². The Morgan fingerprint density at radius 2 is 1.37 bits per heavy atom. The van der Waals surface area contributed by atoms with Crippen LogP contribution in [0.1, 0.15) is 17.2 Å². The first-order valence-electron chi connectivity index (χ1n) is 9.53. The Hall–Kier alpha value is -1.13. The Bertz CT molecular complexity index is 1020. The first-order valence-corrected chi connectivity index (χ1v) is 11.4. The van der Waals surface area contributed by atoms with Gasteiger partial charge in [-0.25, -0.2) is 0 Å². The van der Waals surface area contributed by atoms with Gasteiger partial charge in [0.2, 0.25) is 0 Å². The van der Waals surface area contributed by atoms with Gasteiger partial charge in [0.1, 0.15) is 0 Å². The Labute approximate surface area is 201 Å². The summed E-state index contributed by atoms with van der Waals surface area (Å²) >= 11 is 31.2. The second kappa shape index (κ2) is 9.56. The molecule has 0 aliphatic carbocycles. The van der Waals surface area contributed by atoms with E-state index in [2.05, 4.69) is 21.9 Å². The minimum atomic E-state index is 0.115. The lowest BCUT2D eigenvalue weighted by molar-refractivity contribution is 0.215. The van der Waals surface area contributed by atoms with Gasteiger partial charge in [-0.2, -0.15) is 0 Å². The molecule has 156 valence electrons. The van der Waals surface area contributed by atoms with Crippen molar-refractivity contribution >= 4 is 63.7 Å². The number of nitrogens with zero attached hydrogens (tertiary/aromatic N) is 2. The highest BCUT2D eigenvalue weighted by molar-refractivity contribution is 6.36. The van der Waals surface area contributed by atoms with Crippen LogP contribution < -0.4 is 4.90 Å². The summed E-state index contributed by atoms with van der Waals surface area (Å²) in [7, 11) is 0. The van der Waals surface area contributed by atoms with E-state index in [0.29, 0.717) is 20.1 Å². The molecule has 3 aromatic rings. The highest BCUT2D eigenvalue weighted by Gasteiger charge is 2.29. The number of rotatable bonds is 4. The molecule has 1 fully saturated rings. The molecule has 0 N–H and O–H groups in total. The summed E-state index contributed by atoms with van der Waals surface area (Å²) < 4.78 is 0. The van der Waals surface area contributed by atoms with Gasteiger partial charge in [-0.1, -0.05) is 70.1 Å². The molecule has 2 nitrogen and oxygen atoms in total. The molecule has 7 heteroatoms. The van der Waals surface area contributed by atoms with E-state index in [-0.39, 0.29) is 6.04 Å². The van der Waals surface area contributed by atoms with Gasteiger partial charge in [0.25, 0.3) is 0 Å². The molecular formula is C23H19Cl5N2. The van der Waals surface area contributed by atoms with Gasteiger partial charge in [0.05, 0.1) is 16.8 Å². The number of hydrogen-bond donors (Lipinski definition) is 0. The molecule has 0 aromatic heterocycles. The summed E-state index contributed by atoms with van der Waals surface area (Å²) in [5.41, 5.74) is 3.26. The zero-order valence-corrected chi connectivity index (χ0v) is 19.7. The third kappa shape index (κ3) is 5.19. The summed E-state index contributed by atoms with van der Waals surface area (Å²) in [6, 6.07) is 19.4. The van der Waals surface area contributed by atoms with Gasteiger partial charge in [-0.05, 0) is 59.7 Å². The van der Waals surface area contributed by atoms with Gasteiger partial charge < -0.3 is 4.90 Å². The molecule has 0 bridgehead atoms. The minimum absolute atomic E-state index is 0.115. The van der Waals surface area contributed by atoms with E-state index in [1.807, 2.05) is 36.4 Å². The second-order valence-corrected chi connectivity index (χ2v) is 9.52. The van der Waals surface area contributed by atoms with Crippen molar-refractivity contribution in [2.75, 3.05) is 24.5 Å². The molecule has 1 unspecified atom stereocenters. The third-order valence-electron chi connectivity index (χ3n) is 5.27. The molecule has 3 aromatic carbocycles. The summed E-state index contributed by atoms with van der Waals surface area (Å²) in [5, 5.41) is 3.30. The van der Waals surface area contributed by atoms with Crippen molar-refractivity contribution in [1.82, 2.24) is 4.90 Å². The van der Waals surface area contributed by atoms with E-state index < -0.39 is 0 Å². The van der Waals surface area contributed by atoms with Crippen molar-refractivity contribution in [3.8, 4) is 0 Å². The van der Waals surface area contributed by atoms with E-state index in [0.717, 1.165) is 42.5 Å². The SMILES string of the molecule is Clc1ccc(C2CN(Cc3cc(Cl)cc(Cl)c3)CCN2c2ccc(Cl)cc2Cl)cc1. The molecule has 1 atom stereocenters. The normalized spacial score (nSPS) is 17.4. The van der Waals surface area contributed by atoms with Gasteiger partial charge in [0, 0.05) is 46.3 Å². The molecule has 30 heavy (non-hydrogen) atoms. The van der Waals surface area contributed by atoms with Crippen molar-refractivity contribution in [2.24, 2.45) is 0 Å². The van der Waals surface area contributed by atoms with Crippen LogP contribution in [-0.2, 0) is 6.54 Å². The Morgan fingerprint density at radius 3 is 2.03 bits per heavy atom. The average Bonchev–Trinajstić information content (AvgIpc) is 2.68. The van der Waals surface area contributed by atoms with Crippen LogP contribution in [0.4, 0.5) is 5.69 Å². The predicted molar refractivity (Wildman–Crippen MR) is 130 cm³/mol. The largest absolute Gasteiger partial charge is 0.361 e. The van der Waals surface area contributed by atoms with E-state index in [4.69, 9.17) is 58.0 Å². The Morgan fingerprint density at radius 1 is 0.700 bits per heavy atom. The van der Waals surface area contributed by atoms with Crippen molar-refractivity contribution in [2.45, 2.75) is 12.6 Å². The van der Waals surface area contributed by atoms with Crippen molar-refractivity contribution in [3.63, 3.8) is 0 Å². The fourth-order valence-corrected chi connectivity index (χ4v) is 5.13. The van der Waals surface area contributed by atoms with Gasteiger partial charge in [-0.3, -0.25) is 4.90 Å². The summed E-state index contributed by atoms with van der Waals surface area (Å²) in [5.74, 6) is 0. The standard InChI is InChI=1S/C23H19Cl5N2/c24-17-3-1-16(2-4-17)23-14-29(13-15-9-19(26)11-20(27)10-15)7-8-30(23)22-6-5-18(25)12-21(22)28/h1-6,9-12,23H,7-8,13-14H2. The quantitative estimate of drug-likeness (QED) is 0.358. The first kappa shape index (κ1) is 22.1. The highest BCUT2D eigenvalue weighted by Crippen LogP contribution is 2.37. The molecule has 1 aliphatic heterocycles. The van der Waals surface area contributed by atoms with Crippen LogP contribution in [0.3, 0.4) is 0 Å². The maximum atomic E-state index is 6.55. The molecule has 0 radical (unpaired) electrons. The average molecular weight is 501 g/mol. The Balaban J connectivity index is 1.63. The molecule has 1 saturated heterocycles. The Kier molecular flexibility index (Phi) is 7.04. The number of hydrogen-bond acceptors (Lipinski definition) is 2. The molecule has 4 rings (SSSR count). The van der Waals surface area contributed by atoms with E-state index >= 15 is 0 Å². The molecule has 1 aliphatic rings. The van der Waals surface area contributed by atoms with E-state index in [9.17, 15) is 0 Å². The number of halogens is 5. The van der Waals surface area contributed by atoms with Crippen molar-refractivity contribution in [1.29, 1.82) is 0 Å². The van der Waals surface area contributed by atoms with Crippen LogP contribution in [0.5, 0.6) is 0 Å². The molecule has 0 spiro atoms. The lowest BCUT2D eigenvalue weighted by Gasteiger charge is -2.43. The second-order valence-electron chi connectivity index (χ2n) is 7.37. The number of anilines is 1. The highest BCUT2D eigenvalue weighted by atomic mass is 35.5. The van der Waals surface area contributed by atoms with E-state index in [1.54, 1.807) is 12.1 Å². The smallest absolute Gasteiger partial charge is 0.0670 e. The molecule has 0 saturated carbocycles. The van der Waals surface area contributed by atoms with E-state index in [1.165, 1.54) is 5.56 Å². The summed E-state index contributed by atoms with van der Waals surface area (Å²) in [4.78, 5) is 4.74. The van der Waals surface area contributed by atoms with Gasteiger partial charge in [0.15, 0.2) is 0 Å². The van der Waals surface area contributed by atoms with Crippen LogP contribution >= 0.6 is 58.0 Å². The van der Waals surface area contributed by atoms with Gasteiger partial charge in [-0.15, -0.1) is 0 Å². The van der Waals surface area contributed by atoms with Crippen LogP contribution in [0.25, 0.3) is 0 Å². The van der Waals surface area contributed by atoms with Crippen LogP contribution in [-0.4, -0.2) is 24.5 Å². The monoisotopic (exact) mass is 498 g/mol. The number of piperazine rings is 1. The molecule has 1 heterocycles. The zero-order valence-electron chi connectivity index (χ0n) is 16.0.